The van der Waals surface area contributed by atoms with Gasteiger partial charge < -0.3 is 10.1 Å². The molecule has 0 aliphatic rings. The molecule has 0 aliphatic carbocycles. The standard InChI is InChI=1S/C15H24N2O2.ClH/c1-4-11-19-14-10-8-7-9-13(14)16-15(18)12-17(5-2)6-3;/h7-10H,4-6,11-12H2,1-3H3,(H,16,18);1H. The number of carbonyl (C=O) groups is 1. The number of halogens is 1. The zero-order valence-electron chi connectivity index (χ0n) is 12.5. The normalized spacial score (nSPS) is 10.0. The zero-order chi connectivity index (χ0) is 14.1. The molecule has 4 nitrogen and oxygen atoms in total. The Morgan fingerprint density at radius 3 is 2.45 bits per heavy atom. The van der Waals surface area contributed by atoms with Crippen molar-refractivity contribution in [2.75, 3.05) is 31.6 Å². The van der Waals surface area contributed by atoms with Gasteiger partial charge in [0, 0.05) is 0 Å². The first-order valence-corrected chi connectivity index (χ1v) is 6.95. The second-order valence-electron chi connectivity index (χ2n) is 4.35. The highest BCUT2D eigenvalue weighted by atomic mass is 35.5. The van der Waals surface area contributed by atoms with Gasteiger partial charge in [-0.2, -0.15) is 0 Å². The molecule has 0 spiro atoms. The van der Waals surface area contributed by atoms with Gasteiger partial charge in [-0.1, -0.05) is 32.9 Å². The van der Waals surface area contributed by atoms with E-state index in [0.29, 0.717) is 13.2 Å². The van der Waals surface area contributed by atoms with Crippen LogP contribution in [-0.2, 0) is 4.79 Å². The Morgan fingerprint density at radius 2 is 1.85 bits per heavy atom. The minimum Gasteiger partial charge on any atom is -0.491 e. The molecule has 1 aromatic carbocycles. The van der Waals surface area contributed by atoms with Gasteiger partial charge in [0.15, 0.2) is 0 Å². The fourth-order valence-electron chi connectivity index (χ4n) is 1.75. The first-order chi connectivity index (χ1) is 9.21. The number of benzene rings is 1. The van der Waals surface area contributed by atoms with E-state index in [9.17, 15) is 4.79 Å². The van der Waals surface area contributed by atoms with Crippen molar-refractivity contribution in [1.82, 2.24) is 4.90 Å². The van der Waals surface area contributed by atoms with Crippen molar-refractivity contribution in [2.45, 2.75) is 27.2 Å². The number of nitrogens with zero attached hydrogens (tertiary/aromatic N) is 1. The molecule has 1 N–H and O–H groups in total. The van der Waals surface area contributed by atoms with Crippen molar-refractivity contribution in [3.8, 4) is 5.75 Å². The van der Waals surface area contributed by atoms with Crippen LogP contribution in [0, 0.1) is 0 Å². The molecule has 1 aromatic rings. The van der Waals surface area contributed by atoms with E-state index in [-0.39, 0.29) is 18.3 Å². The average Bonchev–Trinajstić information content (AvgIpc) is 2.43. The summed E-state index contributed by atoms with van der Waals surface area (Å²) < 4.78 is 5.62. The molecule has 0 bridgehead atoms. The number of carbonyl (C=O) groups excluding carboxylic acids is 1. The van der Waals surface area contributed by atoms with Crippen LogP contribution in [0.2, 0.25) is 0 Å². The molecule has 0 unspecified atom stereocenters. The van der Waals surface area contributed by atoms with E-state index >= 15 is 0 Å². The Labute approximate surface area is 127 Å². The number of rotatable bonds is 8. The van der Waals surface area contributed by atoms with Crippen LogP contribution >= 0.6 is 12.4 Å². The third kappa shape index (κ3) is 6.26. The molecule has 0 saturated carbocycles. The van der Waals surface area contributed by atoms with Gasteiger partial charge in [0.1, 0.15) is 5.75 Å². The summed E-state index contributed by atoms with van der Waals surface area (Å²) >= 11 is 0. The molecule has 0 radical (unpaired) electrons. The van der Waals surface area contributed by atoms with Crippen LogP contribution in [0.15, 0.2) is 24.3 Å². The van der Waals surface area contributed by atoms with Crippen LogP contribution in [-0.4, -0.2) is 37.0 Å². The molecule has 0 fully saturated rings. The maximum Gasteiger partial charge on any atom is 0.238 e. The number of anilines is 1. The van der Waals surface area contributed by atoms with Gasteiger partial charge in [-0.15, -0.1) is 12.4 Å². The quantitative estimate of drug-likeness (QED) is 0.802. The first kappa shape index (κ1) is 18.7. The Kier molecular flexibility index (Phi) is 9.86. The summed E-state index contributed by atoms with van der Waals surface area (Å²) in [6.45, 7) is 8.97. The average molecular weight is 301 g/mol. The summed E-state index contributed by atoms with van der Waals surface area (Å²) in [6.07, 6.45) is 0.946. The van der Waals surface area contributed by atoms with Crippen molar-refractivity contribution >= 4 is 24.0 Å². The Hall–Kier alpha value is -1.26. The molecular weight excluding hydrogens is 276 g/mol. The van der Waals surface area contributed by atoms with Crippen molar-refractivity contribution in [2.24, 2.45) is 0 Å². The van der Waals surface area contributed by atoms with Crippen LogP contribution in [0.3, 0.4) is 0 Å². The lowest BCUT2D eigenvalue weighted by Gasteiger charge is -2.18. The van der Waals surface area contributed by atoms with Gasteiger partial charge in [-0.3, -0.25) is 9.69 Å². The summed E-state index contributed by atoms with van der Waals surface area (Å²) in [6, 6.07) is 7.55. The summed E-state index contributed by atoms with van der Waals surface area (Å²) in [5.41, 5.74) is 0.744. The summed E-state index contributed by atoms with van der Waals surface area (Å²) in [4.78, 5) is 14.0. The molecule has 0 heterocycles. The predicted molar refractivity (Wildman–Crippen MR) is 85.9 cm³/mol. The number of hydrogen-bond donors (Lipinski definition) is 1. The molecule has 5 heteroatoms. The molecule has 1 amide bonds. The summed E-state index contributed by atoms with van der Waals surface area (Å²) in [7, 11) is 0. The molecular formula is C15H25ClN2O2. The predicted octanol–water partition coefficient (Wildman–Crippen LogP) is 3.18. The Balaban J connectivity index is 0.00000361. The van der Waals surface area contributed by atoms with Gasteiger partial charge in [0.05, 0.1) is 18.8 Å². The SMILES string of the molecule is CCCOc1ccccc1NC(=O)CN(CC)CC.Cl. The topological polar surface area (TPSA) is 41.6 Å². The lowest BCUT2D eigenvalue weighted by atomic mass is 10.3. The first-order valence-electron chi connectivity index (χ1n) is 6.95. The highest BCUT2D eigenvalue weighted by molar-refractivity contribution is 5.93. The van der Waals surface area contributed by atoms with Gasteiger partial charge >= 0.3 is 0 Å². The molecule has 114 valence electrons. The number of ether oxygens (including phenoxy) is 1. The number of amides is 1. The molecule has 1 rings (SSSR count). The van der Waals surface area contributed by atoms with E-state index in [2.05, 4.69) is 31.0 Å². The minimum absolute atomic E-state index is 0. The Bertz CT molecular complexity index is 395. The van der Waals surface area contributed by atoms with E-state index in [0.717, 1.165) is 30.9 Å². The largest absolute Gasteiger partial charge is 0.491 e. The second kappa shape index (κ2) is 10.5. The van der Waals surface area contributed by atoms with Crippen molar-refractivity contribution in [3.63, 3.8) is 0 Å². The van der Waals surface area contributed by atoms with E-state index < -0.39 is 0 Å². The fraction of sp³-hybridized carbons (Fsp3) is 0.533. The van der Waals surface area contributed by atoms with Crippen LogP contribution in [0.5, 0.6) is 5.75 Å². The van der Waals surface area contributed by atoms with Gasteiger partial charge in [-0.25, -0.2) is 0 Å². The molecule has 0 saturated heterocycles. The third-order valence-electron chi connectivity index (χ3n) is 2.88. The van der Waals surface area contributed by atoms with Gasteiger partial charge in [0.25, 0.3) is 0 Å². The van der Waals surface area contributed by atoms with Crippen LogP contribution in [0.1, 0.15) is 27.2 Å². The monoisotopic (exact) mass is 300 g/mol. The molecule has 0 atom stereocenters. The fourth-order valence-corrected chi connectivity index (χ4v) is 1.75. The van der Waals surface area contributed by atoms with Crippen LogP contribution in [0.4, 0.5) is 5.69 Å². The minimum atomic E-state index is -0.00347. The zero-order valence-corrected chi connectivity index (χ0v) is 13.3. The lowest BCUT2D eigenvalue weighted by molar-refractivity contribution is -0.117. The lowest BCUT2D eigenvalue weighted by Crippen LogP contribution is -2.33. The van der Waals surface area contributed by atoms with Crippen LogP contribution in [0.25, 0.3) is 0 Å². The highest BCUT2D eigenvalue weighted by Crippen LogP contribution is 2.23. The number of hydrogen-bond acceptors (Lipinski definition) is 3. The molecule has 20 heavy (non-hydrogen) atoms. The number of nitrogens with one attached hydrogen (secondary N) is 1. The second-order valence-corrected chi connectivity index (χ2v) is 4.35. The van der Waals surface area contributed by atoms with E-state index in [1.807, 2.05) is 24.3 Å². The van der Waals surface area contributed by atoms with Crippen LogP contribution < -0.4 is 10.1 Å². The maximum absolute atomic E-state index is 12.0. The van der Waals surface area contributed by atoms with E-state index in [1.54, 1.807) is 0 Å². The maximum atomic E-state index is 12.0. The summed E-state index contributed by atoms with van der Waals surface area (Å²) in [5, 5.41) is 2.91. The van der Waals surface area contributed by atoms with E-state index in [4.69, 9.17) is 4.74 Å². The Morgan fingerprint density at radius 1 is 1.20 bits per heavy atom. The number of para-hydroxylation sites is 2. The van der Waals surface area contributed by atoms with Gasteiger partial charge in [-0.05, 0) is 31.6 Å². The third-order valence-corrected chi connectivity index (χ3v) is 2.88. The van der Waals surface area contributed by atoms with Crippen molar-refractivity contribution in [1.29, 1.82) is 0 Å². The van der Waals surface area contributed by atoms with Crippen molar-refractivity contribution in [3.05, 3.63) is 24.3 Å². The summed E-state index contributed by atoms with van der Waals surface area (Å²) in [5.74, 6) is 0.730. The molecule has 0 aliphatic heterocycles. The van der Waals surface area contributed by atoms with E-state index in [1.165, 1.54) is 0 Å². The highest BCUT2D eigenvalue weighted by Gasteiger charge is 2.10. The van der Waals surface area contributed by atoms with Gasteiger partial charge in [0.2, 0.25) is 5.91 Å². The molecule has 0 aromatic heterocycles. The number of likely N-dealkylation sites (N-methyl/N-ethyl adjacent to an activating group) is 1. The smallest absolute Gasteiger partial charge is 0.238 e. The van der Waals surface area contributed by atoms with Crippen molar-refractivity contribution < 1.29 is 9.53 Å².